The second-order valence-corrected chi connectivity index (χ2v) is 7.71. The summed E-state index contributed by atoms with van der Waals surface area (Å²) in [7, 11) is 0. The van der Waals surface area contributed by atoms with Crippen LogP contribution in [0.25, 0.3) is 11.3 Å². The first-order valence-electron chi connectivity index (χ1n) is 10.9. The van der Waals surface area contributed by atoms with Gasteiger partial charge in [0, 0.05) is 31.0 Å². The molecule has 0 bridgehead atoms. The Morgan fingerprint density at radius 1 is 1.03 bits per heavy atom. The zero-order valence-corrected chi connectivity index (χ0v) is 18.7. The van der Waals surface area contributed by atoms with Gasteiger partial charge >= 0.3 is 0 Å². The van der Waals surface area contributed by atoms with Crippen LogP contribution in [0.1, 0.15) is 27.0 Å². The van der Waals surface area contributed by atoms with E-state index in [9.17, 15) is 14.4 Å². The van der Waals surface area contributed by atoms with Crippen LogP contribution < -0.4 is 16.4 Å². The number of carbonyl (C=O) groups is 1. The van der Waals surface area contributed by atoms with Gasteiger partial charge < -0.3 is 16.4 Å². The van der Waals surface area contributed by atoms with E-state index in [1.807, 2.05) is 30.3 Å². The average Bonchev–Trinajstić information content (AvgIpc) is 2.89. The number of nitrogens with one attached hydrogen (secondary N) is 2. The Morgan fingerprint density at radius 3 is 2.49 bits per heavy atom. The van der Waals surface area contributed by atoms with E-state index in [1.54, 1.807) is 24.4 Å². The first-order valence-corrected chi connectivity index (χ1v) is 10.9. The molecule has 1 amide bonds. The lowest BCUT2D eigenvalue weighted by atomic mass is 10.1. The second-order valence-electron chi connectivity index (χ2n) is 7.71. The Labute approximate surface area is 201 Å². The van der Waals surface area contributed by atoms with Gasteiger partial charge in [-0.25, -0.2) is 19.3 Å². The van der Waals surface area contributed by atoms with E-state index in [0.29, 0.717) is 25.3 Å². The smallest absolute Gasteiger partial charge is 0.255 e. The van der Waals surface area contributed by atoms with Crippen molar-refractivity contribution in [1.29, 1.82) is 5.26 Å². The van der Waals surface area contributed by atoms with Crippen LogP contribution in [0.4, 0.5) is 16.2 Å². The summed E-state index contributed by atoms with van der Waals surface area (Å²) in [5, 5.41) is 15.3. The Balaban J connectivity index is 1.41. The van der Waals surface area contributed by atoms with Crippen molar-refractivity contribution >= 4 is 17.7 Å². The monoisotopic (exact) mass is 467 g/mol. The van der Waals surface area contributed by atoms with Gasteiger partial charge in [0.1, 0.15) is 17.7 Å². The Bertz CT molecular complexity index is 1370. The molecular weight excluding hydrogens is 445 g/mol. The Hall–Kier alpha value is -4.84. The van der Waals surface area contributed by atoms with Crippen molar-refractivity contribution in [3.63, 3.8) is 0 Å². The number of rotatable bonds is 8. The van der Waals surface area contributed by atoms with Crippen LogP contribution in [0.3, 0.4) is 0 Å². The number of hydrogen-bond acceptors (Lipinski definition) is 7. The summed E-state index contributed by atoms with van der Waals surface area (Å²) in [5.74, 6) is -0.0725. The maximum absolute atomic E-state index is 13.1. The molecule has 0 aliphatic rings. The molecule has 174 valence electrons. The fraction of sp³-hybridized carbons (Fsp3) is 0.115. The molecule has 4 N–H and O–H groups in total. The minimum absolute atomic E-state index is 0.212. The summed E-state index contributed by atoms with van der Waals surface area (Å²) in [6, 6.07) is 19.1. The largest absolute Gasteiger partial charge is 0.368 e. The van der Waals surface area contributed by atoms with Crippen molar-refractivity contribution in [2.45, 2.75) is 13.0 Å². The standard InChI is InChI=1S/C26H22FN7O/c27-21-7-3-17(4-8-21)9-11-30-25(35)22-13-19(14-28)16-33-24(22)32-15-18-1-5-20(6-2-18)23-10-12-31-26(29)34-23/h1-8,10,12-13,16H,9,11,15H2,(H,30,35)(H,32,33)(H2,29,31,34). The number of aromatic nitrogens is 3. The highest BCUT2D eigenvalue weighted by Crippen LogP contribution is 2.19. The van der Waals surface area contributed by atoms with Gasteiger partial charge in [-0.15, -0.1) is 0 Å². The molecule has 0 fully saturated rings. The first-order chi connectivity index (χ1) is 17.0. The number of hydrogen-bond donors (Lipinski definition) is 3. The van der Waals surface area contributed by atoms with Crippen LogP contribution in [0.2, 0.25) is 0 Å². The van der Waals surface area contributed by atoms with Crippen molar-refractivity contribution in [3.8, 4) is 17.3 Å². The molecule has 0 unspecified atom stereocenters. The number of pyridine rings is 1. The number of amides is 1. The number of nitrogens with zero attached hydrogens (tertiary/aromatic N) is 4. The van der Waals surface area contributed by atoms with Crippen LogP contribution in [-0.2, 0) is 13.0 Å². The third kappa shape index (κ3) is 6.15. The Kier molecular flexibility index (Phi) is 7.23. The molecule has 0 saturated carbocycles. The maximum Gasteiger partial charge on any atom is 0.255 e. The van der Waals surface area contributed by atoms with Crippen molar-refractivity contribution in [2.24, 2.45) is 0 Å². The molecule has 2 heterocycles. The number of anilines is 2. The molecule has 0 aliphatic carbocycles. The number of benzene rings is 2. The molecule has 9 heteroatoms. The maximum atomic E-state index is 13.1. The van der Waals surface area contributed by atoms with Crippen LogP contribution in [0.5, 0.6) is 0 Å². The first kappa shape index (κ1) is 23.3. The molecule has 0 atom stereocenters. The van der Waals surface area contributed by atoms with Crippen LogP contribution >= 0.6 is 0 Å². The third-order valence-electron chi connectivity index (χ3n) is 5.26. The van der Waals surface area contributed by atoms with Gasteiger partial charge in [-0.2, -0.15) is 5.26 Å². The summed E-state index contributed by atoms with van der Waals surface area (Å²) in [5.41, 5.74) is 9.71. The van der Waals surface area contributed by atoms with Crippen molar-refractivity contribution in [3.05, 3.63) is 101 Å². The molecular formula is C26H22FN7O. The fourth-order valence-corrected chi connectivity index (χ4v) is 3.42. The van der Waals surface area contributed by atoms with Gasteiger partial charge in [0.25, 0.3) is 5.91 Å². The van der Waals surface area contributed by atoms with Gasteiger partial charge in [0.15, 0.2) is 0 Å². The topological polar surface area (TPSA) is 130 Å². The van der Waals surface area contributed by atoms with Crippen LogP contribution in [-0.4, -0.2) is 27.4 Å². The predicted molar refractivity (Wildman–Crippen MR) is 131 cm³/mol. The molecule has 0 aliphatic heterocycles. The normalized spacial score (nSPS) is 10.4. The quantitative estimate of drug-likeness (QED) is 0.360. The number of nitrogens with two attached hydrogens (primary N) is 1. The zero-order valence-electron chi connectivity index (χ0n) is 18.7. The molecule has 0 radical (unpaired) electrons. The van der Waals surface area contributed by atoms with E-state index in [4.69, 9.17) is 5.73 Å². The summed E-state index contributed by atoms with van der Waals surface area (Å²) in [6.07, 6.45) is 3.57. The molecule has 8 nitrogen and oxygen atoms in total. The van der Waals surface area contributed by atoms with Gasteiger partial charge in [-0.1, -0.05) is 36.4 Å². The van der Waals surface area contributed by atoms with Gasteiger partial charge in [0.05, 0.1) is 16.8 Å². The lowest BCUT2D eigenvalue weighted by Gasteiger charge is -2.12. The zero-order chi connectivity index (χ0) is 24.6. The average molecular weight is 468 g/mol. The Morgan fingerprint density at radius 2 is 1.77 bits per heavy atom. The highest BCUT2D eigenvalue weighted by molar-refractivity contribution is 5.99. The van der Waals surface area contributed by atoms with E-state index in [2.05, 4.69) is 25.6 Å². The lowest BCUT2D eigenvalue weighted by molar-refractivity contribution is 0.0954. The van der Waals surface area contributed by atoms with Crippen LogP contribution in [0, 0.1) is 17.1 Å². The molecule has 35 heavy (non-hydrogen) atoms. The third-order valence-corrected chi connectivity index (χ3v) is 5.26. The van der Waals surface area contributed by atoms with Crippen LogP contribution in [0.15, 0.2) is 73.1 Å². The van der Waals surface area contributed by atoms with E-state index in [0.717, 1.165) is 22.4 Å². The lowest BCUT2D eigenvalue weighted by Crippen LogP contribution is -2.27. The fourth-order valence-electron chi connectivity index (χ4n) is 3.42. The van der Waals surface area contributed by atoms with Crippen molar-refractivity contribution < 1.29 is 9.18 Å². The number of nitriles is 1. The van der Waals surface area contributed by atoms with Gasteiger partial charge in [0.2, 0.25) is 5.95 Å². The van der Waals surface area contributed by atoms with Crippen molar-refractivity contribution in [2.75, 3.05) is 17.6 Å². The molecule has 0 spiro atoms. The molecule has 2 aromatic carbocycles. The van der Waals surface area contributed by atoms with Gasteiger partial charge in [-0.3, -0.25) is 4.79 Å². The van der Waals surface area contributed by atoms with Crippen molar-refractivity contribution in [1.82, 2.24) is 20.3 Å². The number of nitrogen functional groups attached to an aromatic ring is 1. The summed E-state index contributed by atoms with van der Waals surface area (Å²) in [6.45, 7) is 0.774. The molecule has 2 aromatic heterocycles. The highest BCUT2D eigenvalue weighted by atomic mass is 19.1. The summed E-state index contributed by atoms with van der Waals surface area (Å²) >= 11 is 0. The minimum Gasteiger partial charge on any atom is -0.368 e. The number of halogens is 1. The van der Waals surface area contributed by atoms with Gasteiger partial charge in [-0.05, 0) is 41.8 Å². The molecule has 0 saturated heterocycles. The molecule has 4 aromatic rings. The summed E-state index contributed by atoms with van der Waals surface area (Å²) in [4.78, 5) is 25.2. The number of carbonyl (C=O) groups excluding carboxylic acids is 1. The SMILES string of the molecule is N#Cc1cnc(NCc2ccc(-c3ccnc(N)n3)cc2)c(C(=O)NCCc2ccc(F)cc2)c1. The van der Waals surface area contributed by atoms with E-state index < -0.39 is 0 Å². The molecule has 4 rings (SSSR count). The minimum atomic E-state index is -0.351. The predicted octanol–water partition coefficient (Wildman–Crippen LogP) is 3.72. The van der Waals surface area contributed by atoms with E-state index >= 15 is 0 Å². The highest BCUT2D eigenvalue weighted by Gasteiger charge is 2.14. The second kappa shape index (κ2) is 10.9. The van der Waals surface area contributed by atoms with E-state index in [1.165, 1.54) is 24.4 Å². The van der Waals surface area contributed by atoms with E-state index in [-0.39, 0.29) is 28.8 Å². The summed E-state index contributed by atoms with van der Waals surface area (Å²) < 4.78 is 13.1.